The number of ketones is 1. The number of ether oxygens (including phenoxy) is 1. The Hall–Kier alpha value is -4.70. The number of carbonyl (C=O) groups is 2. The zero-order valence-corrected chi connectivity index (χ0v) is 24.6. The van der Waals surface area contributed by atoms with E-state index < -0.39 is 6.04 Å². The fourth-order valence-corrected chi connectivity index (χ4v) is 5.16. The number of rotatable bonds is 11. The highest BCUT2D eigenvalue weighted by molar-refractivity contribution is 6.30. The van der Waals surface area contributed by atoms with E-state index in [-0.39, 0.29) is 36.0 Å². The van der Waals surface area contributed by atoms with Gasteiger partial charge in [-0.1, -0.05) is 29.8 Å². The normalized spacial score (nSPS) is 13.8. The molecule has 0 unspecified atom stereocenters. The van der Waals surface area contributed by atoms with Crippen LogP contribution in [-0.2, 0) is 16.0 Å². The van der Waals surface area contributed by atoms with Crippen LogP contribution >= 0.6 is 11.6 Å². The minimum atomic E-state index is -0.572. The fourth-order valence-electron chi connectivity index (χ4n) is 5.04. The Morgan fingerprint density at radius 3 is 2.56 bits per heavy atom. The van der Waals surface area contributed by atoms with Gasteiger partial charge < -0.3 is 20.3 Å². The number of aliphatic imine (C=N–C) groups is 1. The van der Waals surface area contributed by atoms with Gasteiger partial charge >= 0.3 is 0 Å². The summed E-state index contributed by atoms with van der Waals surface area (Å²) in [6.07, 6.45) is 1.07. The van der Waals surface area contributed by atoms with Gasteiger partial charge in [0.05, 0.1) is 24.4 Å². The lowest BCUT2D eigenvalue weighted by molar-refractivity contribution is -0.121. The number of nitrogens with one attached hydrogen (secondary N) is 1. The number of fused-ring (bicyclic) bond motifs is 3. The van der Waals surface area contributed by atoms with E-state index in [2.05, 4.69) is 15.5 Å². The zero-order chi connectivity index (χ0) is 30.5. The minimum absolute atomic E-state index is 0.00143. The molecule has 0 bridgehead atoms. The Bertz CT molecular complexity index is 1680. The Morgan fingerprint density at radius 1 is 1.02 bits per heavy atom. The van der Waals surface area contributed by atoms with Gasteiger partial charge in [-0.25, -0.2) is 0 Å². The second kappa shape index (κ2) is 13.1. The first kappa shape index (κ1) is 29.8. The highest BCUT2D eigenvalue weighted by atomic mass is 35.5. The molecule has 0 spiro atoms. The molecule has 222 valence electrons. The van der Waals surface area contributed by atoms with Crippen LogP contribution in [0.1, 0.15) is 60.6 Å². The maximum atomic E-state index is 12.7. The summed E-state index contributed by atoms with van der Waals surface area (Å²) < 4.78 is 7.99. The minimum Gasteiger partial charge on any atom is -0.504 e. The predicted molar refractivity (Wildman–Crippen MR) is 162 cm³/mol. The monoisotopic (exact) mass is 601 g/mol. The fraction of sp³-hybridized carbons (Fsp3) is 0.281. The molecule has 0 aliphatic carbocycles. The van der Waals surface area contributed by atoms with Crippen LogP contribution in [0, 0.1) is 6.92 Å². The van der Waals surface area contributed by atoms with Crippen molar-refractivity contribution in [1.29, 1.82) is 0 Å². The van der Waals surface area contributed by atoms with E-state index in [1.807, 2.05) is 48.7 Å². The molecule has 0 saturated heterocycles. The van der Waals surface area contributed by atoms with Crippen LogP contribution in [0.15, 0.2) is 65.7 Å². The van der Waals surface area contributed by atoms with Crippen molar-refractivity contribution in [3.05, 3.63) is 94.0 Å². The SMILES string of the molecule is CCNC(=O)C[C@@H]1N=C(c2ccc(Cl)cc2)c2cc(OCCCC(=O)Cc3ccc(O)c(O)c3)ccc2-n2c(C)nnc21. The first-order chi connectivity index (χ1) is 20.7. The molecule has 43 heavy (non-hydrogen) atoms. The molecule has 1 atom stereocenters. The van der Waals surface area contributed by atoms with Gasteiger partial charge in [0.25, 0.3) is 0 Å². The van der Waals surface area contributed by atoms with Gasteiger partial charge in [0, 0.05) is 35.5 Å². The Kier molecular flexibility index (Phi) is 9.06. The quantitative estimate of drug-likeness (QED) is 0.162. The molecule has 0 radical (unpaired) electrons. The molecular weight excluding hydrogens is 570 g/mol. The summed E-state index contributed by atoms with van der Waals surface area (Å²) in [5.74, 6) is 1.24. The van der Waals surface area contributed by atoms with Crippen LogP contribution in [0.2, 0.25) is 5.02 Å². The lowest BCUT2D eigenvalue weighted by Crippen LogP contribution is -2.25. The number of phenolic OH excluding ortho intramolecular Hbond substituents is 2. The first-order valence-electron chi connectivity index (χ1n) is 14.1. The van der Waals surface area contributed by atoms with E-state index in [4.69, 9.17) is 21.3 Å². The molecule has 2 heterocycles. The average molecular weight is 602 g/mol. The topological polar surface area (TPSA) is 139 Å². The Balaban J connectivity index is 1.39. The highest BCUT2D eigenvalue weighted by Gasteiger charge is 2.30. The van der Waals surface area contributed by atoms with Gasteiger partial charge in [0.2, 0.25) is 5.91 Å². The number of benzene rings is 3. The molecule has 0 saturated carbocycles. The molecule has 3 aromatic carbocycles. The van der Waals surface area contributed by atoms with Crippen molar-refractivity contribution >= 4 is 29.0 Å². The highest BCUT2D eigenvalue weighted by Crippen LogP contribution is 2.34. The van der Waals surface area contributed by atoms with Crippen molar-refractivity contribution in [3.63, 3.8) is 0 Å². The van der Waals surface area contributed by atoms with Crippen LogP contribution in [0.3, 0.4) is 0 Å². The van der Waals surface area contributed by atoms with E-state index >= 15 is 0 Å². The number of nitrogens with zero attached hydrogens (tertiary/aromatic N) is 4. The van der Waals surface area contributed by atoms with Gasteiger partial charge in [-0.3, -0.25) is 19.1 Å². The third-order valence-electron chi connectivity index (χ3n) is 7.08. The summed E-state index contributed by atoms with van der Waals surface area (Å²) >= 11 is 6.19. The van der Waals surface area contributed by atoms with E-state index in [1.165, 1.54) is 12.1 Å². The summed E-state index contributed by atoms with van der Waals surface area (Å²) in [6, 6.07) is 16.9. The largest absolute Gasteiger partial charge is 0.504 e. The number of aromatic hydroxyl groups is 2. The summed E-state index contributed by atoms with van der Waals surface area (Å²) in [5.41, 5.74) is 3.72. The van der Waals surface area contributed by atoms with E-state index in [0.717, 1.165) is 16.8 Å². The molecule has 11 heteroatoms. The molecule has 5 rings (SSSR count). The zero-order valence-electron chi connectivity index (χ0n) is 23.9. The van der Waals surface area contributed by atoms with Gasteiger partial charge in [-0.05, 0) is 68.3 Å². The summed E-state index contributed by atoms with van der Waals surface area (Å²) in [4.78, 5) is 30.2. The molecule has 3 N–H and O–H groups in total. The number of amides is 1. The van der Waals surface area contributed by atoms with E-state index in [0.29, 0.717) is 59.7 Å². The molecule has 1 aromatic heterocycles. The molecule has 4 aromatic rings. The smallest absolute Gasteiger partial charge is 0.222 e. The number of Topliss-reactive ketones (excluding diaryl/α,β-unsaturated/α-hetero) is 1. The van der Waals surface area contributed by atoms with Crippen molar-refractivity contribution in [2.45, 2.75) is 45.6 Å². The summed E-state index contributed by atoms with van der Waals surface area (Å²) in [5, 5.41) is 31.3. The molecular formula is C32H32ClN5O5. The van der Waals surface area contributed by atoms with Crippen molar-refractivity contribution < 1.29 is 24.5 Å². The van der Waals surface area contributed by atoms with Gasteiger partial charge in [0.1, 0.15) is 23.4 Å². The Morgan fingerprint density at radius 2 is 1.81 bits per heavy atom. The van der Waals surface area contributed by atoms with Gasteiger partial charge in [0.15, 0.2) is 17.3 Å². The average Bonchev–Trinajstić information content (AvgIpc) is 3.30. The number of phenols is 2. The number of aryl methyl sites for hydroxylation is 1. The van der Waals surface area contributed by atoms with Crippen molar-refractivity contribution in [3.8, 4) is 22.9 Å². The maximum Gasteiger partial charge on any atom is 0.222 e. The third-order valence-corrected chi connectivity index (χ3v) is 7.33. The van der Waals surface area contributed by atoms with E-state index in [9.17, 15) is 19.8 Å². The second-order valence-electron chi connectivity index (χ2n) is 10.3. The molecule has 1 aliphatic heterocycles. The predicted octanol–water partition coefficient (Wildman–Crippen LogP) is 5.03. The number of aromatic nitrogens is 3. The summed E-state index contributed by atoms with van der Waals surface area (Å²) in [7, 11) is 0. The van der Waals surface area contributed by atoms with Crippen molar-refractivity contribution in [2.75, 3.05) is 13.2 Å². The molecule has 1 aliphatic rings. The van der Waals surface area contributed by atoms with E-state index in [1.54, 1.807) is 18.2 Å². The molecule has 10 nitrogen and oxygen atoms in total. The first-order valence-corrected chi connectivity index (χ1v) is 14.4. The number of carbonyl (C=O) groups excluding carboxylic acids is 2. The van der Waals surface area contributed by atoms with Crippen LogP contribution in [0.4, 0.5) is 0 Å². The third kappa shape index (κ3) is 6.86. The van der Waals surface area contributed by atoms with Gasteiger partial charge in [-0.15, -0.1) is 10.2 Å². The van der Waals surface area contributed by atoms with Crippen LogP contribution in [-0.4, -0.2) is 55.5 Å². The lowest BCUT2D eigenvalue weighted by atomic mass is 10.00. The lowest BCUT2D eigenvalue weighted by Gasteiger charge is -2.15. The standard InChI is InChI=1S/C32H32ClN5O5/c1-3-34-30(42)18-26-32-37-36-19(2)38(32)27-12-11-24(17-25(27)31(35-26)21-7-9-22(33)10-8-21)43-14-4-5-23(39)15-20-6-13-28(40)29(41)16-20/h6-13,16-17,26,40-41H,3-5,14-15,18H2,1-2H3,(H,34,42)/t26-/m0/s1. The second-order valence-corrected chi connectivity index (χ2v) is 10.7. The van der Waals surface area contributed by atoms with Crippen LogP contribution in [0.25, 0.3) is 5.69 Å². The maximum absolute atomic E-state index is 12.7. The number of halogens is 1. The number of hydrogen-bond acceptors (Lipinski definition) is 8. The molecule has 0 fully saturated rings. The number of hydrogen-bond donors (Lipinski definition) is 3. The summed E-state index contributed by atoms with van der Waals surface area (Å²) in [6.45, 7) is 4.56. The Labute approximate surface area is 254 Å². The van der Waals surface area contributed by atoms with Crippen molar-refractivity contribution in [2.24, 2.45) is 4.99 Å². The van der Waals surface area contributed by atoms with Crippen LogP contribution < -0.4 is 10.1 Å². The van der Waals surface area contributed by atoms with Crippen molar-refractivity contribution in [1.82, 2.24) is 20.1 Å². The van der Waals surface area contributed by atoms with Crippen LogP contribution in [0.5, 0.6) is 17.2 Å². The van der Waals surface area contributed by atoms with Gasteiger partial charge in [-0.2, -0.15) is 0 Å². The molecule has 1 amide bonds.